The summed E-state index contributed by atoms with van der Waals surface area (Å²) in [5.74, 6) is 6.88. The molecule has 0 aromatic heterocycles. The van der Waals surface area contributed by atoms with E-state index in [1.807, 2.05) is 0 Å². The highest BCUT2D eigenvalue weighted by molar-refractivity contribution is 5.72. The van der Waals surface area contributed by atoms with Gasteiger partial charge in [0.05, 0.1) is 18.1 Å². The largest absolute Gasteiger partial charge is 0.459 e. The lowest BCUT2D eigenvalue weighted by atomic mass is 9.84. The fourth-order valence-corrected chi connectivity index (χ4v) is 4.81. The number of hydrogen-bond acceptors (Lipinski definition) is 4. The van der Waals surface area contributed by atoms with Gasteiger partial charge in [-0.25, -0.2) is 4.39 Å². The van der Waals surface area contributed by atoms with E-state index in [0.29, 0.717) is 24.9 Å². The Morgan fingerprint density at radius 1 is 0.786 bits per heavy atom. The molecule has 3 fully saturated rings. The summed E-state index contributed by atoms with van der Waals surface area (Å²) >= 11 is 0. The average Bonchev–Trinajstić information content (AvgIpc) is 2.74. The van der Waals surface area contributed by atoms with Crippen LogP contribution in [0.1, 0.15) is 70.6 Å². The highest BCUT2D eigenvalue weighted by Gasteiger charge is 2.35. The molecular formula is C23H35FO4. The summed E-state index contributed by atoms with van der Waals surface area (Å²) in [6, 6.07) is 0. The predicted octanol–water partition coefficient (Wildman–Crippen LogP) is 4.45. The number of ether oxygens (including phenoxy) is 3. The Bertz CT molecular complexity index is 553. The van der Waals surface area contributed by atoms with Crippen molar-refractivity contribution < 1.29 is 23.4 Å². The van der Waals surface area contributed by atoms with Gasteiger partial charge in [-0.1, -0.05) is 11.8 Å². The molecule has 3 aliphatic carbocycles. The number of carbonyl (C=O) groups excluding carboxylic acids is 1. The molecule has 3 unspecified atom stereocenters. The maximum absolute atomic E-state index is 14.6. The van der Waals surface area contributed by atoms with E-state index in [9.17, 15) is 9.18 Å². The van der Waals surface area contributed by atoms with Crippen LogP contribution in [0.5, 0.6) is 0 Å². The predicted molar refractivity (Wildman–Crippen MR) is 105 cm³/mol. The molecule has 0 aromatic carbocycles. The number of alkyl halides is 1. The van der Waals surface area contributed by atoms with Crippen molar-refractivity contribution in [3.8, 4) is 11.8 Å². The molecule has 3 aliphatic rings. The first-order valence-corrected chi connectivity index (χ1v) is 11.0. The zero-order chi connectivity index (χ0) is 19.9. The molecule has 3 rings (SSSR count). The summed E-state index contributed by atoms with van der Waals surface area (Å²) in [7, 11) is 3.48. The molecular weight excluding hydrogens is 359 g/mol. The molecule has 3 saturated carbocycles. The van der Waals surface area contributed by atoms with Gasteiger partial charge in [-0.2, -0.15) is 0 Å². The molecule has 0 spiro atoms. The summed E-state index contributed by atoms with van der Waals surface area (Å²) in [6.07, 6.45) is 8.30. The van der Waals surface area contributed by atoms with Gasteiger partial charge in [0, 0.05) is 26.1 Å². The van der Waals surface area contributed by atoms with Crippen molar-refractivity contribution in [2.24, 2.45) is 17.8 Å². The van der Waals surface area contributed by atoms with Gasteiger partial charge >= 0.3 is 5.97 Å². The molecule has 0 aliphatic heterocycles. The van der Waals surface area contributed by atoms with Crippen molar-refractivity contribution in [1.29, 1.82) is 0 Å². The van der Waals surface area contributed by atoms with E-state index >= 15 is 0 Å². The van der Waals surface area contributed by atoms with Gasteiger partial charge in [-0.3, -0.25) is 4.79 Å². The molecule has 28 heavy (non-hydrogen) atoms. The van der Waals surface area contributed by atoms with E-state index in [-0.39, 0.29) is 23.9 Å². The van der Waals surface area contributed by atoms with Crippen LogP contribution in [-0.2, 0) is 19.0 Å². The van der Waals surface area contributed by atoms with Gasteiger partial charge in [0.1, 0.15) is 12.3 Å². The van der Waals surface area contributed by atoms with E-state index in [2.05, 4.69) is 11.8 Å². The van der Waals surface area contributed by atoms with Gasteiger partial charge < -0.3 is 14.2 Å². The van der Waals surface area contributed by atoms with Crippen LogP contribution in [0.25, 0.3) is 0 Å². The number of hydrogen-bond donors (Lipinski definition) is 0. The van der Waals surface area contributed by atoms with Crippen LogP contribution >= 0.6 is 0 Å². The Kier molecular flexibility index (Phi) is 8.17. The lowest BCUT2D eigenvalue weighted by Gasteiger charge is -2.32. The quantitative estimate of drug-likeness (QED) is 0.522. The maximum Gasteiger partial charge on any atom is 0.309 e. The summed E-state index contributed by atoms with van der Waals surface area (Å²) in [5, 5.41) is 0. The molecule has 0 heterocycles. The van der Waals surface area contributed by atoms with Crippen molar-refractivity contribution in [2.45, 2.75) is 95.1 Å². The topological polar surface area (TPSA) is 44.8 Å². The number of rotatable bonds is 4. The minimum atomic E-state index is -1.10. The third kappa shape index (κ3) is 5.94. The van der Waals surface area contributed by atoms with Crippen LogP contribution in [0, 0.1) is 29.6 Å². The van der Waals surface area contributed by atoms with Crippen molar-refractivity contribution >= 4 is 5.97 Å². The highest BCUT2D eigenvalue weighted by atomic mass is 19.1. The zero-order valence-electron chi connectivity index (χ0n) is 17.3. The molecule has 0 amide bonds. The van der Waals surface area contributed by atoms with E-state index in [1.165, 1.54) is 0 Å². The average molecular weight is 395 g/mol. The van der Waals surface area contributed by atoms with Crippen molar-refractivity contribution in [1.82, 2.24) is 0 Å². The molecule has 0 saturated heterocycles. The first-order chi connectivity index (χ1) is 13.6. The molecule has 0 bridgehead atoms. The van der Waals surface area contributed by atoms with Crippen LogP contribution in [0.15, 0.2) is 0 Å². The van der Waals surface area contributed by atoms with Gasteiger partial charge in [-0.05, 0) is 70.6 Å². The summed E-state index contributed by atoms with van der Waals surface area (Å²) < 4.78 is 30.9. The third-order valence-corrected chi connectivity index (χ3v) is 6.82. The van der Waals surface area contributed by atoms with Crippen LogP contribution in [0.4, 0.5) is 4.39 Å². The normalized spacial score (nSPS) is 38.9. The second-order valence-corrected chi connectivity index (χ2v) is 8.71. The van der Waals surface area contributed by atoms with Gasteiger partial charge in [-0.15, -0.1) is 0 Å². The van der Waals surface area contributed by atoms with Crippen molar-refractivity contribution in [3.05, 3.63) is 0 Å². The van der Waals surface area contributed by atoms with E-state index in [1.54, 1.807) is 14.2 Å². The first kappa shape index (κ1) is 21.6. The van der Waals surface area contributed by atoms with Gasteiger partial charge in [0.25, 0.3) is 0 Å². The standard InChI is InChI=1S/C23H35FO4/c1-26-19-10-5-16(6-11-19)3-4-17-7-14-22(21(24)15-17)28-23(25)18-8-12-20(27-2)13-9-18/h16-22H,5-15H2,1-2H3. The Morgan fingerprint density at radius 3 is 1.89 bits per heavy atom. The minimum absolute atomic E-state index is 0.0854. The number of carbonyl (C=O) groups is 1. The number of esters is 1. The monoisotopic (exact) mass is 394 g/mol. The summed E-state index contributed by atoms with van der Waals surface area (Å²) in [5.41, 5.74) is 0. The van der Waals surface area contributed by atoms with Crippen molar-refractivity contribution in [2.75, 3.05) is 14.2 Å². The summed E-state index contributed by atoms with van der Waals surface area (Å²) in [6.45, 7) is 0. The second-order valence-electron chi connectivity index (χ2n) is 8.71. The van der Waals surface area contributed by atoms with E-state index in [0.717, 1.165) is 57.8 Å². The first-order valence-electron chi connectivity index (χ1n) is 11.0. The Balaban J connectivity index is 1.40. The van der Waals surface area contributed by atoms with Gasteiger partial charge in [0.2, 0.25) is 0 Å². The SMILES string of the molecule is COC1CCC(C#CC2CCC(OC(=O)C3CCC(OC)CC3)C(F)C2)CC1. The van der Waals surface area contributed by atoms with E-state index in [4.69, 9.17) is 14.2 Å². The molecule has 0 aromatic rings. The Morgan fingerprint density at radius 2 is 1.32 bits per heavy atom. The Hall–Kier alpha value is -1.12. The fourth-order valence-electron chi connectivity index (χ4n) is 4.81. The molecule has 0 radical (unpaired) electrons. The lowest BCUT2D eigenvalue weighted by molar-refractivity contribution is -0.161. The lowest BCUT2D eigenvalue weighted by Crippen LogP contribution is -2.37. The molecule has 5 heteroatoms. The number of methoxy groups -OCH3 is 2. The number of halogens is 1. The second kappa shape index (κ2) is 10.6. The van der Waals surface area contributed by atoms with Crippen LogP contribution in [-0.4, -0.2) is 44.7 Å². The molecule has 4 nitrogen and oxygen atoms in total. The molecule has 158 valence electrons. The Labute approximate surface area is 168 Å². The summed E-state index contributed by atoms with van der Waals surface area (Å²) in [4.78, 5) is 12.4. The minimum Gasteiger partial charge on any atom is -0.459 e. The highest BCUT2D eigenvalue weighted by Crippen LogP contribution is 2.32. The van der Waals surface area contributed by atoms with Crippen molar-refractivity contribution in [3.63, 3.8) is 0 Å². The molecule has 3 atom stereocenters. The third-order valence-electron chi connectivity index (χ3n) is 6.82. The maximum atomic E-state index is 14.6. The van der Waals surface area contributed by atoms with Crippen LogP contribution in [0.3, 0.4) is 0 Å². The van der Waals surface area contributed by atoms with E-state index < -0.39 is 12.3 Å². The van der Waals surface area contributed by atoms with Crippen LogP contribution < -0.4 is 0 Å². The zero-order valence-corrected chi connectivity index (χ0v) is 17.3. The van der Waals surface area contributed by atoms with Crippen LogP contribution in [0.2, 0.25) is 0 Å². The molecule has 0 N–H and O–H groups in total. The van der Waals surface area contributed by atoms with Gasteiger partial charge in [0.15, 0.2) is 0 Å². The smallest absolute Gasteiger partial charge is 0.309 e. The fraction of sp³-hybridized carbons (Fsp3) is 0.870.